The van der Waals surface area contributed by atoms with Crippen molar-refractivity contribution in [3.63, 3.8) is 0 Å². The zero-order valence-electron chi connectivity index (χ0n) is 13.9. The van der Waals surface area contributed by atoms with Crippen molar-refractivity contribution in [3.8, 4) is 22.4 Å². The largest absolute Gasteiger partial charge is 0.301 e. The summed E-state index contributed by atoms with van der Waals surface area (Å²) in [5, 5.41) is 0. The molecule has 1 aromatic heterocycles. The van der Waals surface area contributed by atoms with Crippen molar-refractivity contribution in [1.29, 1.82) is 0 Å². The van der Waals surface area contributed by atoms with Crippen LogP contribution in [0.25, 0.3) is 22.4 Å². The number of nitrogens with zero attached hydrogens (tertiary/aromatic N) is 3. The van der Waals surface area contributed by atoms with Crippen molar-refractivity contribution in [1.82, 2.24) is 4.98 Å². The Balaban J connectivity index is 1.52. The molecule has 0 aliphatic carbocycles. The van der Waals surface area contributed by atoms with Crippen LogP contribution in [-0.4, -0.2) is 29.9 Å². The van der Waals surface area contributed by atoms with Gasteiger partial charge < -0.3 is 9.80 Å². The third-order valence-corrected chi connectivity index (χ3v) is 4.69. The van der Waals surface area contributed by atoms with Crippen LogP contribution in [0.15, 0.2) is 66.9 Å². The lowest BCUT2D eigenvalue weighted by Crippen LogP contribution is -1.99. The first kappa shape index (κ1) is 14.8. The van der Waals surface area contributed by atoms with E-state index in [1.807, 2.05) is 60.7 Å². The van der Waals surface area contributed by atoms with E-state index in [1.165, 1.54) is 0 Å². The second-order valence-corrected chi connectivity index (χ2v) is 6.49. The summed E-state index contributed by atoms with van der Waals surface area (Å²) in [6.07, 6.45) is 1.78. The van der Waals surface area contributed by atoms with Gasteiger partial charge in [0.15, 0.2) is 0 Å². The third kappa shape index (κ3) is 2.63. The van der Waals surface area contributed by atoms with Crippen molar-refractivity contribution in [2.45, 2.75) is 0 Å². The lowest BCUT2D eigenvalue weighted by atomic mass is 10.0. The van der Waals surface area contributed by atoms with E-state index in [4.69, 9.17) is 0 Å². The molecule has 126 valence electrons. The minimum absolute atomic E-state index is 0.107. The van der Waals surface area contributed by atoms with Crippen molar-refractivity contribution >= 4 is 23.2 Å². The van der Waals surface area contributed by atoms with E-state index in [2.05, 4.69) is 4.98 Å². The van der Waals surface area contributed by atoms with Gasteiger partial charge in [0.25, 0.3) is 0 Å². The van der Waals surface area contributed by atoms with Crippen LogP contribution >= 0.6 is 0 Å². The van der Waals surface area contributed by atoms with E-state index >= 15 is 0 Å². The first-order valence-corrected chi connectivity index (χ1v) is 8.47. The van der Waals surface area contributed by atoms with Crippen LogP contribution in [0.2, 0.25) is 0 Å². The maximum absolute atomic E-state index is 11.5. The fourth-order valence-electron chi connectivity index (χ4n) is 3.11. The predicted molar refractivity (Wildman–Crippen MR) is 99.8 cm³/mol. The summed E-state index contributed by atoms with van der Waals surface area (Å²) in [7, 11) is 0. The van der Waals surface area contributed by atoms with E-state index in [0.29, 0.717) is 13.1 Å². The highest BCUT2D eigenvalue weighted by Gasteiger charge is 2.35. The molecule has 0 radical (unpaired) electrons. The van der Waals surface area contributed by atoms with Crippen molar-refractivity contribution in [2.24, 2.45) is 0 Å². The molecule has 3 heterocycles. The van der Waals surface area contributed by atoms with Gasteiger partial charge in [-0.15, -0.1) is 0 Å². The van der Waals surface area contributed by atoms with Gasteiger partial charge in [0.05, 0.1) is 5.69 Å². The predicted octanol–water partition coefficient (Wildman–Crippen LogP) is 3.11. The van der Waals surface area contributed by atoms with E-state index in [0.717, 1.165) is 33.8 Å². The molecule has 5 nitrogen and oxygen atoms in total. The topological polar surface area (TPSA) is 53.0 Å². The van der Waals surface area contributed by atoms with Crippen LogP contribution in [0, 0.1) is 0 Å². The molecule has 5 heteroatoms. The number of pyridine rings is 1. The average molecular weight is 341 g/mol. The third-order valence-electron chi connectivity index (χ3n) is 4.69. The Kier molecular flexibility index (Phi) is 3.15. The second-order valence-electron chi connectivity index (χ2n) is 6.49. The Morgan fingerprint density at radius 2 is 1.27 bits per heavy atom. The van der Waals surface area contributed by atoms with Gasteiger partial charge in [-0.05, 0) is 41.5 Å². The molecule has 3 aromatic rings. The number of amides is 2. The molecule has 0 bridgehead atoms. The van der Waals surface area contributed by atoms with Crippen molar-refractivity contribution in [2.75, 3.05) is 22.9 Å². The fraction of sp³-hybridized carbons (Fsp3) is 0.0952. The van der Waals surface area contributed by atoms with Gasteiger partial charge in [-0.25, -0.2) is 0 Å². The maximum atomic E-state index is 11.5. The van der Waals surface area contributed by atoms with Crippen LogP contribution in [-0.2, 0) is 9.59 Å². The molecule has 0 unspecified atom stereocenters. The summed E-state index contributed by atoms with van der Waals surface area (Å²) in [5.74, 6) is 0.214. The fourth-order valence-corrected chi connectivity index (χ4v) is 3.11. The number of carbonyl (C=O) groups is 2. The molecule has 2 aliphatic heterocycles. The minimum atomic E-state index is 0.107. The van der Waals surface area contributed by atoms with Crippen molar-refractivity contribution < 1.29 is 9.59 Å². The summed E-state index contributed by atoms with van der Waals surface area (Å²) >= 11 is 0. The molecule has 0 atom stereocenters. The maximum Gasteiger partial charge on any atom is 0.247 e. The minimum Gasteiger partial charge on any atom is -0.301 e. The molecule has 2 aromatic carbocycles. The highest BCUT2D eigenvalue weighted by atomic mass is 16.2. The number of anilines is 2. The molecule has 2 aliphatic rings. The Hall–Kier alpha value is -3.47. The number of hydrogen-bond donors (Lipinski definition) is 0. The zero-order chi connectivity index (χ0) is 17.7. The highest BCUT2D eigenvalue weighted by Crippen LogP contribution is 2.36. The van der Waals surface area contributed by atoms with Gasteiger partial charge in [0.1, 0.15) is 13.1 Å². The Bertz CT molecular complexity index is 989. The van der Waals surface area contributed by atoms with Crippen LogP contribution in [0.4, 0.5) is 11.4 Å². The van der Waals surface area contributed by atoms with Gasteiger partial charge >= 0.3 is 0 Å². The lowest BCUT2D eigenvalue weighted by Gasteiger charge is -2.11. The monoisotopic (exact) mass is 341 g/mol. The van der Waals surface area contributed by atoms with Crippen LogP contribution in [0.3, 0.4) is 0 Å². The van der Waals surface area contributed by atoms with E-state index in [9.17, 15) is 9.59 Å². The Morgan fingerprint density at radius 3 is 1.77 bits per heavy atom. The molecule has 0 spiro atoms. The number of benzene rings is 2. The van der Waals surface area contributed by atoms with Gasteiger partial charge in [0.2, 0.25) is 11.8 Å². The van der Waals surface area contributed by atoms with Crippen molar-refractivity contribution in [3.05, 3.63) is 66.9 Å². The van der Waals surface area contributed by atoms with Crippen LogP contribution in [0.5, 0.6) is 0 Å². The average Bonchev–Trinajstić information content (AvgIpc) is 3.60. The van der Waals surface area contributed by atoms with E-state index < -0.39 is 0 Å². The highest BCUT2D eigenvalue weighted by molar-refractivity contribution is 6.15. The van der Waals surface area contributed by atoms with Gasteiger partial charge in [0, 0.05) is 23.1 Å². The quantitative estimate of drug-likeness (QED) is 0.685. The second kappa shape index (κ2) is 5.52. The zero-order valence-corrected chi connectivity index (χ0v) is 13.9. The summed E-state index contributed by atoms with van der Waals surface area (Å²) in [6, 6.07) is 19.9. The Morgan fingerprint density at radius 1 is 0.692 bits per heavy atom. The summed E-state index contributed by atoms with van der Waals surface area (Å²) in [5.41, 5.74) is 5.69. The number of aromatic nitrogens is 1. The molecule has 2 saturated heterocycles. The lowest BCUT2D eigenvalue weighted by molar-refractivity contribution is -0.110. The number of carbonyl (C=O) groups excluding carboxylic acids is 2. The SMILES string of the molecule is O=C1CN1c1cc(-c2ccc(-c3ccccn3)cc2)cc(N2CC2=O)c1. The van der Waals surface area contributed by atoms with Crippen LogP contribution in [0.1, 0.15) is 0 Å². The number of rotatable bonds is 4. The van der Waals surface area contributed by atoms with Crippen LogP contribution < -0.4 is 9.80 Å². The Labute approximate surface area is 150 Å². The summed E-state index contributed by atoms with van der Waals surface area (Å²) in [6.45, 7) is 0.880. The molecule has 2 amide bonds. The summed E-state index contributed by atoms with van der Waals surface area (Å²) in [4.78, 5) is 30.9. The standard InChI is InChI=1S/C21H15N3O2/c25-20-12-23(20)17-9-16(10-18(11-17)24-13-21(24)26)14-4-6-15(7-5-14)19-3-1-2-8-22-19/h1-11H,12-13H2. The molecule has 2 fully saturated rings. The molecule has 26 heavy (non-hydrogen) atoms. The molecule has 0 N–H and O–H groups in total. The smallest absolute Gasteiger partial charge is 0.247 e. The first-order valence-electron chi connectivity index (χ1n) is 8.47. The molecule has 5 rings (SSSR count). The summed E-state index contributed by atoms with van der Waals surface area (Å²) < 4.78 is 0. The van der Waals surface area contributed by atoms with Gasteiger partial charge in [-0.2, -0.15) is 0 Å². The molecule has 0 saturated carbocycles. The van der Waals surface area contributed by atoms with E-state index in [-0.39, 0.29) is 11.8 Å². The normalized spacial score (nSPS) is 15.4. The first-order chi connectivity index (χ1) is 12.7. The van der Waals surface area contributed by atoms with Gasteiger partial charge in [-0.3, -0.25) is 14.6 Å². The molecular formula is C21H15N3O2. The molecular weight excluding hydrogens is 326 g/mol. The van der Waals surface area contributed by atoms with E-state index in [1.54, 1.807) is 16.0 Å². The van der Waals surface area contributed by atoms with Gasteiger partial charge in [-0.1, -0.05) is 30.3 Å². The number of hydrogen-bond acceptors (Lipinski definition) is 3.